The molecule has 0 saturated heterocycles. The standard InChI is InChI=1S/C14H26O4.Ba.2H/c1-5-6-7-8-9-10-14(11(15)16,12(17)18)13(2,3)4;;;/h5-10H2,1-4H3,(H,15,16)(H,17,18);;;/q;+2;2*-1. The first-order valence-corrected chi connectivity index (χ1v) is 6.67. The van der Waals surface area contributed by atoms with Crippen molar-refractivity contribution in [1.82, 2.24) is 0 Å². The Morgan fingerprint density at radius 2 is 1.37 bits per heavy atom. The first kappa shape index (κ1) is 21.8. The van der Waals surface area contributed by atoms with Gasteiger partial charge in [-0.05, 0) is 11.8 Å². The summed E-state index contributed by atoms with van der Waals surface area (Å²) in [5.41, 5.74) is -2.48. The minimum atomic E-state index is -1.68. The van der Waals surface area contributed by atoms with Crippen molar-refractivity contribution in [3.05, 3.63) is 0 Å². The van der Waals surface area contributed by atoms with E-state index in [0.717, 1.165) is 25.7 Å². The molecule has 0 saturated carbocycles. The van der Waals surface area contributed by atoms with Gasteiger partial charge in [-0.25, -0.2) is 0 Å². The molecule has 0 unspecified atom stereocenters. The van der Waals surface area contributed by atoms with E-state index in [4.69, 9.17) is 0 Å². The molecule has 0 heterocycles. The Labute approximate surface area is 159 Å². The zero-order chi connectivity index (χ0) is 14.4. The normalized spacial score (nSPS) is 11.8. The van der Waals surface area contributed by atoms with Gasteiger partial charge in [0.25, 0.3) is 0 Å². The van der Waals surface area contributed by atoms with E-state index in [1.165, 1.54) is 0 Å². The van der Waals surface area contributed by atoms with Crippen molar-refractivity contribution in [2.24, 2.45) is 10.8 Å². The SMILES string of the molecule is CCCCCCCC(C(=O)O)(C(=O)O)C(C)(C)C.[Ba+2].[H-].[H-]. The smallest absolute Gasteiger partial charge is 1.00 e. The number of carboxylic acids is 2. The van der Waals surface area contributed by atoms with Crippen LogP contribution in [0.25, 0.3) is 0 Å². The second-order valence-electron chi connectivity index (χ2n) is 5.93. The van der Waals surface area contributed by atoms with E-state index in [1.807, 2.05) is 0 Å². The molecule has 4 nitrogen and oxygen atoms in total. The van der Waals surface area contributed by atoms with Crippen molar-refractivity contribution in [2.75, 3.05) is 0 Å². The van der Waals surface area contributed by atoms with Crippen LogP contribution < -0.4 is 0 Å². The van der Waals surface area contributed by atoms with Gasteiger partial charge in [0.1, 0.15) is 0 Å². The molecule has 0 fully saturated rings. The van der Waals surface area contributed by atoms with E-state index in [2.05, 4.69) is 6.92 Å². The number of aliphatic carboxylic acids is 2. The maximum absolute atomic E-state index is 11.4. The maximum Gasteiger partial charge on any atom is 2.00 e. The molecular formula is C14H28BaO4. The average Bonchev–Trinajstić information content (AvgIpc) is 2.20. The molecule has 110 valence electrons. The van der Waals surface area contributed by atoms with E-state index in [1.54, 1.807) is 20.8 Å². The summed E-state index contributed by atoms with van der Waals surface area (Å²) in [7, 11) is 0. The number of hydrogen-bond donors (Lipinski definition) is 2. The van der Waals surface area contributed by atoms with Gasteiger partial charge in [0.05, 0.1) is 0 Å². The molecule has 0 atom stereocenters. The molecule has 0 aromatic rings. The van der Waals surface area contributed by atoms with Crippen LogP contribution >= 0.6 is 0 Å². The zero-order valence-corrected chi connectivity index (χ0v) is 17.1. The van der Waals surface area contributed by atoms with Crippen molar-refractivity contribution >= 4 is 60.8 Å². The van der Waals surface area contributed by atoms with Gasteiger partial charge in [0.2, 0.25) is 0 Å². The van der Waals surface area contributed by atoms with E-state index in [-0.39, 0.29) is 58.2 Å². The van der Waals surface area contributed by atoms with Crippen LogP contribution in [0.5, 0.6) is 0 Å². The molecule has 0 aliphatic carbocycles. The number of carboxylic acid groups (broad SMARTS) is 2. The zero-order valence-electron chi connectivity index (χ0n) is 14.7. The Kier molecular flexibility index (Phi) is 10.8. The molecule has 0 aliphatic heterocycles. The van der Waals surface area contributed by atoms with Crippen molar-refractivity contribution in [3.8, 4) is 0 Å². The second kappa shape index (κ2) is 9.45. The third kappa shape index (κ3) is 5.79. The molecule has 0 rings (SSSR count). The fraction of sp³-hybridized carbons (Fsp3) is 0.857. The van der Waals surface area contributed by atoms with Crippen LogP contribution in [0, 0.1) is 10.8 Å². The Balaban J connectivity index is -0.000000482. The Morgan fingerprint density at radius 1 is 0.947 bits per heavy atom. The summed E-state index contributed by atoms with van der Waals surface area (Å²) < 4.78 is 0. The average molecular weight is 398 g/mol. The van der Waals surface area contributed by atoms with Crippen molar-refractivity contribution < 1.29 is 22.7 Å². The molecule has 2 N–H and O–H groups in total. The number of hydrogen-bond acceptors (Lipinski definition) is 2. The molecule has 0 spiro atoms. The first-order chi connectivity index (χ1) is 8.20. The van der Waals surface area contributed by atoms with Gasteiger partial charge in [0, 0.05) is 0 Å². The molecular weight excluding hydrogens is 369 g/mol. The van der Waals surface area contributed by atoms with Crippen LogP contribution in [0.1, 0.15) is 69.1 Å². The second-order valence-corrected chi connectivity index (χ2v) is 5.93. The van der Waals surface area contributed by atoms with Crippen LogP contribution in [-0.2, 0) is 9.59 Å². The Morgan fingerprint density at radius 3 is 1.68 bits per heavy atom. The van der Waals surface area contributed by atoms with Crippen LogP contribution in [0.4, 0.5) is 0 Å². The predicted molar refractivity (Wildman–Crippen MR) is 78.5 cm³/mol. The van der Waals surface area contributed by atoms with Crippen molar-refractivity contribution in [3.63, 3.8) is 0 Å². The number of rotatable bonds is 8. The van der Waals surface area contributed by atoms with Gasteiger partial charge >= 0.3 is 60.8 Å². The summed E-state index contributed by atoms with van der Waals surface area (Å²) in [5, 5.41) is 18.7. The quantitative estimate of drug-likeness (QED) is 0.374. The van der Waals surface area contributed by atoms with Crippen molar-refractivity contribution in [2.45, 2.75) is 66.2 Å². The summed E-state index contributed by atoms with van der Waals surface area (Å²) >= 11 is 0. The largest absolute Gasteiger partial charge is 2.00 e. The monoisotopic (exact) mass is 398 g/mol. The molecule has 0 aromatic carbocycles. The third-order valence-electron chi connectivity index (χ3n) is 3.67. The van der Waals surface area contributed by atoms with Gasteiger partial charge in [-0.1, -0.05) is 59.8 Å². The molecule has 19 heavy (non-hydrogen) atoms. The van der Waals surface area contributed by atoms with Gasteiger partial charge in [0.15, 0.2) is 5.41 Å². The fourth-order valence-electron chi connectivity index (χ4n) is 2.32. The predicted octanol–water partition coefficient (Wildman–Crippen LogP) is 3.39. The summed E-state index contributed by atoms with van der Waals surface area (Å²) in [5.74, 6) is -2.45. The molecule has 0 radical (unpaired) electrons. The minimum Gasteiger partial charge on any atom is -1.00 e. The Bertz CT molecular complexity index is 290. The maximum atomic E-state index is 11.4. The van der Waals surface area contributed by atoms with Crippen LogP contribution in [-0.4, -0.2) is 71.0 Å². The van der Waals surface area contributed by atoms with Crippen LogP contribution in [0.2, 0.25) is 0 Å². The van der Waals surface area contributed by atoms with Crippen LogP contribution in [0.15, 0.2) is 0 Å². The first-order valence-electron chi connectivity index (χ1n) is 6.67. The van der Waals surface area contributed by atoms with E-state index < -0.39 is 22.8 Å². The molecule has 0 bridgehead atoms. The summed E-state index contributed by atoms with van der Waals surface area (Å²) in [6.45, 7) is 7.15. The van der Waals surface area contributed by atoms with E-state index in [9.17, 15) is 19.8 Å². The Hall–Kier alpha value is 0.511. The van der Waals surface area contributed by atoms with Gasteiger partial charge in [-0.15, -0.1) is 0 Å². The molecule has 5 heteroatoms. The summed E-state index contributed by atoms with van der Waals surface area (Å²) in [4.78, 5) is 22.9. The minimum absolute atomic E-state index is 0. The van der Waals surface area contributed by atoms with E-state index in [0.29, 0.717) is 6.42 Å². The van der Waals surface area contributed by atoms with Gasteiger partial charge in [-0.3, -0.25) is 9.59 Å². The third-order valence-corrected chi connectivity index (χ3v) is 3.67. The molecule has 0 aromatic heterocycles. The molecule has 0 aliphatic rings. The molecule has 0 amide bonds. The van der Waals surface area contributed by atoms with Gasteiger partial charge < -0.3 is 13.1 Å². The topological polar surface area (TPSA) is 74.6 Å². The van der Waals surface area contributed by atoms with Crippen molar-refractivity contribution in [1.29, 1.82) is 0 Å². The number of unbranched alkanes of at least 4 members (excludes halogenated alkanes) is 4. The number of carbonyl (C=O) groups is 2. The van der Waals surface area contributed by atoms with E-state index >= 15 is 0 Å². The van der Waals surface area contributed by atoms with Gasteiger partial charge in [-0.2, -0.15) is 0 Å². The van der Waals surface area contributed by atoms with Crippen LogP contribution in [0.3, 0.4) is 0 Å². The fourth-order valence-corrected chi connectivity index (χ4v) is 2.32. The summed E-state index contributed by atoms with van der Waals surface area (Å²) in [6.07, 6.45) is 5.01. The summed E-state index contributed by atoms with van der Waals surface area (Å²) in [6, 6.07) is 0.